The van der Waals surface area contributed by atoms with Gasteiger partial charge >= 0.3 is 0 Å². The van der Waals surface area contributed by atoms with Gasteiger partial charge in [-0.2, -0.15) is 15.0 Å². The lowest BCUT2D eigenvalue weighted by Crippen LogP contribution is -2.33. The van der Waals surface area contributed by atoms with Gasteiger partial charge in [-0.25, -0.2) is 0 Å². The smallest absolute Gasteiger partial charge is 0.231 e. The molecule has 118 valence electrons. The largest absolute Gasteiger partial charge is 0.342 e. The normalized spacial score (nSPS) is 15.4. The fraction of sp³-hybridized carbons (Fsp3) is 0.786. The third kappa shape index (κ3) is 4.41. The number of rotatable bonds is 7. The topological polar surface area (TPSA) is 48.4 Å². The number of halogens is 1. The van der Waals surface area contributed by atoms with Crippen molar-refractivity contribution in [2.75, 3.05) is 56.1 Å². The maximum atomic E-state index is 6.05. The van der Waals surface area contributed by atoms with Crippen molar-refractivity contribution in [3.63, 3.8) is 0 Å². The van der Waals surface area contributed by atoms with Crippen LogP contribution in [0.15, 0.2) is 0 Å². The molecule has 0 amide bonds. The summed E-state index contributed by atoms with van der Waals surface area (Å²) in [4.78, 5) is 19.6. The predicted octanol–water partition coefficient (Wildman–Crippen LogP) is 1.90. The number of likely N-dealkylation sites (N-methyl/N-ethyl adjacent to an activating group) is 1. The Bertz CT molecular complexity index is 445. The van der Waals surface area contributed by atoms with Crippen LogP contribution in [0.25, 0.3) is 0 Å². The van der Waals surface area contributed by atoms with Crippen molar-refractivity contribution < 1.29 is 0 Å². The summed E-state index contributed by atoms with van der Waals surface area (Å²) in [6.45, 7) is 10.2. The molecule has 0 N–H and O–H groups in total. The van der Waals surface area contributed by atoms with E-state index in [4.69, 9.17) is 11.6 Å². The molecule has 0 unspecified atom stereocenters. The number of hydrogen-bond acceptors (Lipinski definition) is 6. The Morgan fingerprint density at radius 1 is 1.05 bits per heavy atom. The molecule has 1 aliphatic rings. The van der Waals surface area contributed by atoms with Gasteiger partial charge in [0.15, 0.2) is 0 Å². The van der Waals surface area contributed by atoms with Gasteiger partial charge in [-0.3, -0.25) is 0 Å². The molecule has 0 spiro atoms. The number of likely N-dealkylation sites (tertiary alicyclic amines) is 1. The zero-order valence-corrected chi connectivity index (χ0v) is 14.0. The van der Waals surface area contributed by atoms with Gasteiger partial charge in [0, 0.05) is 33.2 Å². The molecule has 0 aliphatic carbocycles. The molecule has 1 saturated heterocycles. The highest BCUT2D eigenvalue weighted by Gasteiger charge is 2.15. The number of anilines is 2. The third-order valence-corrected chi connectivity index (χ3v) is 4.09. The molecule has 6 nitrogen and oxygen atoms in total. The summed E-state index contributed by atoms with van der Waals surface area (Å²) in [5, 5.41) is 0.259. The Morgan fingerprint density at radius 3 is 2.29 bits per heavy atom. The third-order valence-electron chi connectivity index (χ3n) is 3.92. The van der Waals surface area contributed by atoms with E-state index in [0.717, 1.165) is 26.2 Å². The van der Waals surface area contributed by atoms with Crippen LogP contribution in [0.4, 0.5) is 11.9 Å². The Kier molecular flexibility index (Phi) is 5.99. The fourth-order valence-corrected chi connectivity index (χ4v) is 2.70. The van der Waals surface area contributed by atoms with Crippen molar-refractivity contribution in [1.82, 2.24) is 19.9 Å². The average molecular weight is 313 g/mol. The van der Waals surface area contributed by atoms with Crippen molar-refractivity contribution in [1.29, 1.82) is 0 Å². The van der Waals surface area contributed by atoms with Crippen LogP contribution in [0.3, 0.4) is 0 Å². The van der Waals surface area contributed by atoms with Crippen molar-refractivity contribution in [3.8, 4) is 0 Å². The van der Waals surface area contributed by atoms with Gasteiger partial charge in [0.2, 0.25) is 17.2 Å². The second-order valence-electron chi connectivity index (χ2n) is 5.35. The molecule has 2 heterocycles. The first-order chi connectivity index (χ1) is 10.1. The number of nitrogens with zero attached hydrogens (tertiary/aromatic N) is 6. The first-order valence-corrected chi connectivity index (χ1v) is 8.11. The van der Waals surface area contributed by atoms with Crippen LogP contribution in [0.5, 0.6) is 0 Å². The summed E-state index contributed by atoms with van der Waals surface area (Å²) >= 11 is 6.05. The molecule has 1 aliphatic heterocycles. The minimum absolute atomic E-state index is 0.259. The fourth-order valence-electron chi connectivity index (χ4n) is 2.55. The van der Waals surface area contributed by atoms with Crippen LogP contribution in [-0.2, 0) is 0 Å². The summed E-state index contributed by atoms with van der Waals surface area (Å²) in [5.74, 6) is 1.30. The lowest BCUT2D eigenvalue weighted by atomic mass is 10.4. The molecule has 0 bridgehead atoms. The molecule has 0 saturated carbocycles. The van der Waals surface area contributed by atoms with Crippen molar-refractivity contribution in [2.45, 2.75) is 26.7 Å². The van der Waals surface area contributed by atoms with Crippen molar-refractivity contribution in [2.24, 2.45) is 0 Å². The van der Waals surface area contributed by atoms with Crippen LogP contribution in [-0.4, -0.2) is 66.2 Å². The molecule has 0 atom stereocenters. The lowest BCUT2D eigenvalue weighted by molar-refractivity contribution is 0.346. The van der Waals surface area contributed by atoms with Crippen LogP contribution >= 0.6 is 11.6 Å². The standard InChI is InChI=1S/C14H25ClN6/c1-4-21(5-2)14-17-12(15)16-13(18-14)19(3)10-11-20-8-6-7-9-20/h4-11H2,1-3H3. The lowest BCUT2D eigenvalue weighted by Gasteiger charge is -2.23. The zero-order chi connectivity index (χ0) is 15.2. The first kappa shape index (κ1) is 16.2. The van der Waals surface area contributed by atoms with Gasteiger partial charge < -0.3 is 14.7 Å². The molecule has 1 aromatic rings. The van der Waals surface area contributed by atoms with Gasteiger partial charge in [0.05, 0.1) is 0 Å². The van der Waals surface area contributed by atoms with E-state index in [1.54, 1.807) is 0 Å². The van der Waals surface area contributed by atoms with E-state index in [-0.39, 0.29) is 5.28 Å². The second kappa shape index (κ2) is 7.75. The van der Waals surface area contributed by atoms with E-state index in [2.05, 4.69) is 43.5 Å². The second-order valence-corrected chi connectivity index (χ2v) is 5.69. The van der Waals surface area contributed by atoms with E-state index < -0.39 is 0 Å². The average Bonchev–Trinajstić information content (AvgIpc) is 2.99. The summed E-state index contributed by atoms with van der Waals surface area (Å²) in [7, 11) is 2.01. The maximum absolute atomic E-state index is 6.05. The summed E-state index contributed by atoms with van der Waals surface area (Å²) in [5.41, 5.74) is 0. The number of aromatic nitrogens is 3. The highest BCUT2D eigenvalue weighted by atomic mass is 35.5. The van der Waals surface area contributed by atoms with E-state index in [9.17, 15) is 0 Å². The first-order valence-electron chi connectivity index (χ1n) is 7.74. The maximum Gasteiger partial charge on any atom is 0.231 e. The highest BCUT2D eigenvalue weighted by Crippen LogP contribution is 2.16. The Hall–Kier alpha value is -1.14. The van der Waals surface area contributed by atoms with Crippen molar-refractivity contribution in [3.05, 3.63) is 5.28 Å². The minimum atomic E-state index is 0.259. The van der Waals surface area contributed by atoms with Gasteiger partial charge in [0.25, 0.3) is 0 Å². The molecule has 1 aromatic heterocycles. The molecule has 1 fully saturated rings. The molecule has 0 aromatic carbocycles. The van der Waals surface area contributed by atoms with Gasteiger partial charge in [-0.05, 0) is 51.4 Å². The van der Waals surface area contributed by atoms with Crippen LogP contribution < -0.4 is 9.80 Å². The highest BCUT2D eigenvalue weighted by molar-refractivity contribution is 6.28. The SMILES string of the molecule is CCN(CC)c1nc(Cl)nc(N(C)CCN2CCCC2)n1. The number of hydrogen-bond donors (Lipinski definition) is 0. The molecule has 0 radical (unpaired) electrons. The van der Waals surface area contributed by atoms with Crippen LogP contribution in [0.2, 0.25) is 5.28 Å². The Balaban J connectivity index is 2.03. The van der Waals surface area contributed by atoms with E-state index in [1.807, 2.05) is 7.05 Å². The predicted molar refractivity (Wildman–Crippen MR) is 87.3 cm³/mol. The molecule has 7 heteroatoms. The zero-order valence-electron chi connectivity index (χ0n) is 13.2. The quantitative estimate of drug-likeness (QED) is 0.766. The van der Waals surface area contributed by atoms with E-state index in [0.29, 0.717) is 11.9 Å². The van der Waals surface area contributed by atoms with Gasteiger partial charge in [-0.1, -0.05) is 0 Å². The van der Waals surface area contributed by atoms with Gasteiger partial charge in [-0.15, -0.1) is 0 Å². The van der Waals surface area contributed by atoms with Crippen LogP contribution in [0, 0.1) is 0 Å². The Labute approximate surface area is 132 Å². The molecular formula is C14H25ClN6. The van der Waals surface area contributed by atoms with Crippen molar-refractivity contribution >= 4 is 23.5 Å². The molecule has 21 heavy (non-hydrogen) atoms. The summed E-state index contributed by atoms with van der Waals surface area (Å²) in [6, 6.07) is 0. The summed E-state index contributed by atoms with van der Waals surface area (Å²) < 4.78 is 0. The summed E-state index contributed by atoms with van der Waals surface area (Å²) in [6.07, 6.45) is 2.63. The monoisotopic (exact) mass is 312 g/mol. The molecular weight excluding hydrogens is 288 g/mol. The van der Waals surface area contributed by atoms with E-state index >= 15 is 0 Å². The minimum Gasteiger partial charge on any atom is -0.342 e. The molecule has 2 rings (SSSR count). The Morgan fingerprint density at radius 2 is 1.67 bits per heavy atom. The van der Waals surface area contributed by atoms with E-state index in [1.165, 1.54) is 25.9 Å². The van der Waals surface area contributed by atoms with Gasteiger partial charge in [0.1, 0.15) is 0 Å². The van der Waals surface area contributed by atoms with Crippen LogP contribution in [0.1, 0.15) is 26.7 Å².